The van der Waals surface area contributed by atoms with Gasteiger partial charge in [0.25, 0.3) is 11.6 Å². The molecule has 0 bridgehead atoms. The van der Waals surface area contributed by atoms with Crippen LogP contribution in [0.1, 0.15) is 25.7 Å². The van der Waals surface area contributed by atoms with Crippen LogP contribution in [0.4, 0.5) is 6.01 Å². The number of aromatic amines is 1. The molecule has 3 N–H and O–H groups in total. The third kappa shape index (κ3) is 2.07. The van der Waals surface area contributed by atoms with Crippen LogP contribution in [0.25, 0.3) is 33.4 Å². The first-order valence-electron chi connectivity index (χ1n) is 7.59. The molecule has 0 aliphatic heterocycles. The number of nitrogen functional groups attached to an aromatic ring is 1. The molecule has 122 valence electrons. The van der Waals surface area contributed by atoms with Crippen LogP contribution < -0.4 is 11.3 Å². The summed E-state index contributed by atoms with van der Waals surface area (Å²) in [7, 11) is 0. The second-order valence-electron chi connectivity index (χ2n) is 5.97. The number of H-pyrrole nitrogens is 1. The van der Waals surface area contributed by atoms with Gasteiger partial charge in [0.2, 0.25) is 0 Å². The summed E-state index contributed by atoms with van der Waals surface area (Å²) in [6, 6.07) is 5.58. The van der Waals surface area contributed by atoms with E-state index < -0.39 is 0 Å². The summed E-state index contributed by atoms with van der Waals surface area (Å²) >= 11 is 0. The molecule has 3 heterocycles. The van der Waals surface area contributed by atoms with Gasteiger partial charge in [0.1, 0.15) is 22.4 Å². The van der Waals surface area contributed by atoms with E-state index in [0.29, 0.717) is 33.7 Å². The van der Waals surface area contributed by atoms with Crippen LogP contribution >= 0.6 is 0 Å². The van der Waals surface area contributed by atoms with Gasteiger partial charge in [-0.25, -0.2) is 9.67 Å². The van der Waals surface area contributed by atoms with Crippen LogP contribution in [0.5, 0.6) is 0 Å². The predicted octanol–water partition coefficient (Wildman–Crippen LogP) is 2.40. The first-order chi connectivity index (χ1) is 11.4. The first kappa shape index (κ1) is 14.4. The maximum absolute atomic E-state index is 12.5. The number of benzene rings is 1. The molecule has 3 aromatic heterocycles. The van der Waals surface area contributed by atoms with E-state index >= 15 is 0 Å². The van der Waals surface area contributed by atoms with Crippen molar-refractivity contribution < 1.29 is 4.42 Å². The minimum absolute atomic E-state index is 0.0707. The monoisotopic (exact) mass is 324 g/mol. The van der Waals surface area contributed by atoms with Crippen LogP contribution in [0.3, 0.4) is 0 Å². The smallest absolute Gasteiger partial charge is 0.292 e. The van der Waals surface area contributed by atoms with E-state index in [-0.39, 0.29) is 17.6 Å². The molecule has 8 nitrogen and oxygen atoms in total. The molecule has 0 aliphatic carbocycles. The molecule has 24 heavy (non-hydrogen) atoms. The highest BCUT2D eigenvalue weighted by Gasteiger charge is 2.19. The predicted molar refractivity (Wildman–Crippen MR) is 90.7 cm³/mol. The SMILES string of the molecule is Cc1nc2c(c(-c3ccc4oc(N)nc4c3)nn2C(C)C)c(=O)[nH]1. The molecule has 1 aromatic carbocycles. The summed E-state index contributed by atoms with van der Waals surface area (Å²) in [5.41, 5.74) is 8.49. The summed E-state index contributed by atoms with van der Waals surface area (Å²) in [6.45, 7) is 5.74. The number of aryl methyl sites for hydroxylation is 1. The number of fused-ring (bicyclic) bond motifs is 2. The van der Waals surface area contributed by atoms with Crippen molar-refractivity contribution >= 4 is 28.1 Å². The maximum Gasteiger partial charge on any atom is 0.292 e. The number of hydrogen-bond acceptors (Lipinski definition) is 6. The van der Waals surface area contributed by atoms with Crippen LogP contribution in [0, 0.1) is 6.92 Å². The minimum atomic E-state index is -0.209. The normalized spacial score (nSPS) is 11.8. The third-order valence-corrected chi connectivity index (χ3v) is 3.85. The molecular weight excluding hydrogens is 308 g/mol. The van der Waals surface area contributed by atoms with Gasteiger partial charge in [-0.05, 0) is 39.0 Å². The molecule has 0 atom stereocenters. The topological polar surface area (TPSA) is 116 Å². The molecule has 0 aliphatic rings. The van der Waals surface area contributed by atoms with E-state index in [1.807, 2.05) is 19.9 Å². The van der Waals surface area contributed by atoms with Crippen LogP contribution in [0.2, 0.25) is 0 Å². The summed E-state index contributed by atoms with van der Waals surface area (Å²) < 4.78 is 7.05. The Kier molecular flexibility index (Phi) is 2.96. The zero-order valence-corrected chi connectivity index (χ0v) is 13.5. The Labute approximate surface area is 136 Å². The Hall–Kier alpha value is -3.16. The lowest BCUT2D eigenvalue weighted by atomic mass is 10.1. The van der Waals surface area contributed by atoms with Crippen molar-refractivity contribution in [1.82, 2.24) is 24.7 Å². The molecule has 0 radical (unpaired) electrons. The van der Waals surface area contributed by atoms with Gasteiger partial charge in [-0.15, -0.1) is 0 Å². The molecular formula is C16H16N6O2. The van der Waals surface area contributed by atoms with E-state index in [1.54, 1.807) is 23.7 Å². The van der Waals surface area contributed by atoms with Crippen molar-refractivity contribution in [1.29, 1.82) is 0 Å². The second-order valence-corrected chi connectivity index (χ2v) is 5.97. The molecule has 0 spiro atoms. The molecule has 0 unspecified atom stereocenters. The average Bonchev–Trinajstić information content (AvgIpc) is 3.05. The fraction of sp³-hybridized carbons (Fsp3) is 0.250. The number of anilines is 1. The van der Waals surface area contributed by atoms with Crippen molar-refractivity contribution in [2.75, 3.05) is 5.73 Å². The summed E-state index contributed by atoms with van der Waals surface area (Å²) in [5.74, 6) is 0.556. The fourth-order valence-corrected chi connectivity index (χ4v) is 2.81. The number of rotatable bonds is 2. The summed E-state index contributed by atoms with van der Waals surface area (Å²) in [4.78, 5) is 23.8. The molecule has 0 saturated carbocycles. The number of nitrogens with one attached hydrogen (secondary N) is 1. The maximum atomic E-state index is 12.5. The van der Waals surface area contributed by atoms with E-state index in [9.17, 15) is 4.79 Å². The Balaban J connectivity index is 2.06. The Morgan fingerprint density at radius 2 is 2.08 bits per heavy atom. The number of nitrogens with zero attached hydrogens (tertiary/aromatic N) is 4. The van der Waals surface area contributed by atoms with Gasteiger partial charge < -0.3 is 15.1 Å². The third-order valence-electron chi connectivity index (χ3n) is 3.85. The van der Waals surface area contributed by atoms with Gasteiger partial charge >= 0.3 is 0 Å². The van der Waals surface area contributed by atoms with Gasteiger partial charge in [0.15, 0.2) is 11.2 Å². The van der Waals surface area contributed by atoms with Crippen LogP contribution in [0.15, 0.2) is 27.4 Å². The standard InChI is InChI=1S/C16H16N6O2/c1-7(2)22-14-12(15(23)19-8(3)18-14)13(21-22)9-4-5-11-10(6-9)20-16(17)24-11/h4-7H,1-3H3,(H2,17,20)(H,18,19,23). The second kappa shape index (κ2) is 4.92. The molecule has 0 fully saturated rings. The Bertz CT molecular complexity index is 1130. The number of aromatic nitrogens is 5. The Morgan fingerprint density at radius 3 is 2.83 bits per heavy atom. The molecule has 0 saturated heterocycles. The lowest BCUT2D eigenvalue weighted by molar-refractivity contribution is 0.547. The van der Waals surface area contributed by atoms with Crippen molar-refractivity contribution in [3.63, 3.8) is 0 Å². The summed E-state index contributed by atoms with van der Waals surface area (Å²) in [6.07, 6.45) is 0. The van der Waals surface area contributed by atoms with Crippen molar-refractivity contribution in [2.24, 2.45) is 0 Å². The number of nitrogens with two attached hydrogens (primary N) is 1. The highest BCUT2D eigenvalue weighted by Crippen LogP contribution is 2.29. The zero-order valence-electron chi connectivity index (χ0n) is 13.5. The van der Waals surface area contributed by atoms with Gasteiger partial charge in [0.05, 0.1) is 0 Å². The lowest BCUT2D eigenvalue weighted by Crippen LogP contribution is -2.11. The highest BCUT2D eigenvalue weighted by molar-refractivity contribution is 5.93. The van der Waals surface area contributed by atoms with E-state index in [2.05, 4.69) is 20.1 Å². The molecule has 0 amide bonds. The molecule has 8 heteroatoms. The van der Waals surface area contributed by atoms with Crippen LogP contribution in [-0.4, -0.2) is 24.7 Å². The van der Waals surface area contributed by atoms with Gasteiger partial charge in [-0.2, -0.15) is 10.1 Å². The van der Waals surface area contributed by atoms with E-state index in [4.69, 9.17) is 10.2 Å². The van der Waals surface area contributed by atoms with Crippen molar-refractivity contribution in [3.8, 4) is 11.3 Å². The van der Waals surface area contributed by atoms with Crippen molar-refractivity contribution in [2.45, 2.75) is 26.8 Å². The lowest BCUT2D eigenvalue weighted by Gasteiger charge is -2.05. The molecule has 4 aromatic rings. The Morgan fingerprint density at radius 1 is 1.29 bits per heavy atom. The zero-order chi connectivity index (χ0) is 17.0. The quantitative estimate of drug-likeness (QED) is 0.585. The van der Waals surface area contributed by atoms with Gasteiger partial charge in [-0.3, -0.25) is 4.79 Å². The van der Waals surface area contributed by atoms with E-state index in [0.717, 1.165) is 5.56 Å². The highest BCUT2D eigenvalue weighted by atomic mass is 16.4. The van der Waals surface area contributed by atoms with Crippen LogP contribution in [-0.2, 0) is 0 Å². The van der Waals surface area contributed by atoms with Crippen molar-refractivity contribution in [3.05, 3.63) is 34.4 Å². The molecule has 4 rings (SSSR count). The first-order valence-corrected chi connectivity index (χ1v) is 7.59. The number of hydrogen-bond donors (Lipinski definition) is 2. The van der Waals surface area contributed by atoms with E-state index in [1.165, 1.54) is 0 Å². The summed E-state index contributed by atoms with van der Waals surface area (Å²) in [5, 5.41) is 5.08. The minimum Gasteiger partial charge on any atom is -0.424 e. The fourth-order valence-electron chi connectivity index (χ4n) is 2.81. The number of oxazole rings is 1. The largest absolute Gasteiger partial charge is 0.424 e. The van der Waals surface area contributed by atoms with Gasteiger partial charge in [0, 0.05) is 11.6 Å². The average molecular weight is 324 g/mol. The van der Waals surface area contributed by atoms with Gasteiger partial charge in [-0.1, -0.05) is 0 Å².